The van der Waals surface area contributed by atoms with Crippen molar-refractivity contribution >= 4 is 28.6 Å². The zero-order chi connectivity index (χ0) is 20.4. The Balaban J connectivity index is 1.66. The number of thiophene rings is 1. The third-order valence-corrected chi connectivity index (χ3v) is 6.70. The first-order valence-corrected chi connectivity index (χ1v) is 11.1. The summed E-state index contributed by atoms with van der Waals surface area (Å²) in [7, 11) is 1.91. The monoisotopic (exact) mass is 422 g/mol. The molecule has 29 heavy (non-hydrogen) atoms. The van der Waals surface area contributed by atoms with Gasteiger partial charge in [-0.05, 0) is 35.1 Å². The van der Waals surface area contributed by atoms with Crippen LogP contribution in [-0.4, -0.2) is 38.7 Å². The number of nitrogens with zero attached hydrogens (tertiary/aromatic N) is 4. The molecular formula is C22H22N4OS2. The van der Waals surface area contributed by atoms with Crippen molar-refractivity contribution < 1.29 is 4.79 Å². The molecule has 0 aliphatic carbocycles. The topological polar surface area (TPSA) is 51.0 Å². The molecule has 148 valence electrons. The summed E-state index contributed by atoms with van der Waals surface area (Å²) < 4.78 is 1.80. The number of allylic oxidation sites excluding steroid dienone is 2. The van der Waals surface area contributed by atoms with Crippen molar-refractivity contribution in [2.24, 2.45) is 7.05 Å². The summed E-state index contributed by atoms with van der Waals surface area (Å²) >= 11 is 3.03. The third-order valence-electron chi connectivity index (χ3n) is 4.98. The second kappa shape index (κ2) is 8.31. The van der Waals surface area contributed by atoms with Gasteiger partial charge >= 0.3 is 0 Å². The summed E-state index contributed by atoms with van der Waals surface area (Å²) in [6, 6.07) is 4.02. The summed E-state index contributed by atoms with van der Waals surface area (Å²) in [6.07, 6.45) is 9.90. The summed E-state index contributed by atoms with van der Waals surface area (Å²) in [5.74, 6) is 0.0212. The molecule has 0 saturated carbocycles. The van der Waals surface area contributed by atoms with Gasteiger partial charge in [-0.25, -0.2) is 4.98 Å². The zero-order valence-corrected chi connectivity index (χ0v) is 18.0. The molecule has 4 heterocycles. The highest BCUT2D eigenvalue weighted by atomic mass is 32.1. The predicted molar refractivity (Wildman–Crippen MR) is 119 cm³/mol. The third kappa shape index (κ3) is 3.88. The van der Waals surface area contributed by atoms with E-state index in [-0.39, 0.29) is 11.8 Å². The van der Waals surface area contributed by atoms with Gasteiger partial charge in [-0.2, -0.15) is 5.10 Å². The summed E-state index contributed by atoms with van der Waals surface area (Å²) in [5, 5.41) is 8.83. The minimum absolute atomic E-state index is 0.0365. The lowest BCUT2D eigenvalue weighted by Gasteiger charge is -2.34. The molecule has 5 nitrogen and oxygen atoms in total. The predicted octanol–water partition coefficient (Wildman–Crippen LogP) is 4.90. The Labute approximate surface area is 178 Å². The molecule has 3 aromatic rings. The molecule has 1 amide bonds. The molecule has 0 aromatic carbocycles. The SMILES string of the molecule is C=CC1=C(/C=C\C)C(c2cnn(C)c2)CN(C(=O)c2nc(-c3cccs3)cs2)C1. The van der Waals surface area contributed by atoms with E-state index in [1.54, 1.807) is 16.0 Å². The van der Waals surface area contributed by atoms with Crippen LogP contribution in [0, 0.1) is 0 Å². The fourth-order valence-electron chi connectivity index (χ4n) is 3.59. The van der Waals surface area contributed by atoms with E-state index in [2.05, 4.69) is 22.7 Å². The van der Waals surface area contributed by atoms with Crippen molar-refractivity contribution in [2.45, 2.75) is 12.8 Å². The number of aromatic nitrogens is 3. The molecule has 0 fully saturated rings. The van der Waals surface area contributed by atoms with Crippen molar-refractivity contribution in [1.82, 2.24) is 19.7 Å². The first-order valence-electron chi connectivity index (χ1n) is 9.36. The molecule has 0 N–H and O–H groups in total. The molecular weight excluding hydrogens is 400 g/mol. The highest BCUT2D eigenvalue weighted by molar-refractivity contribution is 7.15. The number of carbonyl (C=O) groups is 1. The molecule has 0 saturated heterocycles. The van der Waals surface area contributed by atoms with E-state index < -0.39 is 0 Å². The average molecular weight is 423 g/mol. The average Bonchev–Trinajstić information content (AvgIpc) is 3.48. The fourth-order valence-corrected chi connectivity index (χ4v) is 5.14. The summed E-state index contributed by atoms with van der Waals surface area (Å²) in [5.41, 5.74) is 4.21. The van der Waals surface area contributed by atoms with E-state index >= 15 is 0 Å². The first-order chi connectivity index (χ1) is 14.1. The Kier molecular flexibility index (Phi) is 5.60. The second-order valence-corrected chi connectivity index (χ2v) is 8.69. The normalized spacial score (nSPS) is 17.3. The summed E-state index contributed by atoms with van der Waals surface area (Å²) in [6.45, 7) is 7.13. The van der Waals surface area contributed by atoms with Gasteiger partial charge in [0.05, 0.1) is 16.8 Å². The van der Waals surface area contributed by atoms with E-state index in [0.29, 0.717) is 18.1 Å². The molecule has 0 bridgehead atoms. The quantitative estimate of drug-likeness (QED) is 0.587. The molecule has 4 rings (SSSR count). The van der Waals surface area contributed by atoms with Crippen LogP contribution in [-0.2, 0) is 7.05 Å². The minimum Gasteiger partial charge on any atom is -0.331 e. The van der Waals surface area contributed by atoms with E-state index in [9.17, 15) is 4.79 Å². The lowest BCUT2D eigenvalue weighted by Crippen LogP contribution is -2.40. The van der Waals surface area contributed by atoms with Gasteiger partial charge in [0.2, 0.25) is 0 Å². The van der Waals surface area contributed by atoms with Gasteiger partial charge in [0.15, 0.2) is 5.01 Å². The van der Waals surface area contributed by atoms with E-state index in [1.807, 2.05) is 66.3 Å². The maximum absolute atomic E-state index is 13.3. The molecule has 7 heteroatoms. The molecule has 1 unspecified atom stereocenters. The number of amides is 1. The van der Waals surface area contributed by atoms with Crippen molar-refractivity contribution in [3.63, 3.8) is 0 Å². The highest BCUT2D eigenvalue weighted by Crippen LogP contribution is 2.35. The van der Waals surface area contributed by atoms with Gasteiger partial charge in [-0.1, -0.05) is 30.9 Å². The van der Waals surface area contributed by atoms with Crippen LogP contribution in [0.4, 0.5) is 0 Å². The van der Waals surface area contributed by atoms with Crippen LogP contribution in [0.1, 0.15) is 28.2 Å². The Morgan fingerprint density at radius 2 is 2.24 bits per heavy atom. The Morgan fingerprint density at radius 1 is 1.38 bits per heavy atom. The van der Waals surface area contributed by atoms with Gasteiger partial charge < -0.3 is 4.90 Å². The fraction of sp³-hybridized carbons (Fsp3) is 0.227. The van der Waals surface area contributed by atoms with Crippen LogP contribution in [0.5, 0.6) is 0 Å². The Hall–Kier alpha value is -2.77. The number of hydrogen-bond acceptors (Lipinski definition) is 5. The van der Waals surface area contributed by atoms with E-state index in [4.69, 9.17) is 0 Å². The number of hydrogen-bond donors (Lipinski definition) is 0. The van der Waals surface area contributed by atoms with Gasteiger partial charge in [0, 0.05) is 37.6 Å². The maximum atomic E-state index is 13.3. The van der Waals surface area contributed by atoms with Crippen LogP contribution in [0.3, 0.4) is 0 Å². The molecule has 0 spiro atoms. The van der Waals surface area contributed by atoms with Gasteiger partial charge in [0.25, 0.3) is 5.91 Å². The smallest absolute Gasteiger partial charge is 0.283 e. The van der Waals surface area contributed by atoms with Gasteiger partial charge in [-0.3, -0.25) is 9.48 Å². The van der Waals surface area contributed by atoms with Crippen molar-refractivity contribution in [1.29, 1.82) is 0 Å². The largest absolute Gasteiger partial charge is 0.331 e. The Morgan fingerprint density at radius 3 is 2.90 bits per heavy atom. The van der Waals surface area contributed by atoms with E-state index in [1.165, 1.54) is 16.9 Å². The van der Waals surface area contributed by atoms with Crippen LogP contribution in [0.2, 0.25) is 0 Å². The second-order valence-electron chi connectivity index (χ2n) is 6.89. The Bertz CT molecular complexity index is 1090. The summed E-state index contributed by atoms with van der Waals surface area (Å²) in [4.78, 5) is 20.8. The van der Waals surface area contributed by atoms with E-state index in [0.717, 1.165) is 21.7 Å². The van der Waals surface area contributed by atoms with Crippen LogP contribution in [0.15, 0.2) is 71.2 Å². The lowest BCUT2D eigenvalue weighted by atomic mass is 9.85. The molecule has 1 atom stereocenters. The first kappa shape index (κ1) is 19.5. The van der Waals surface area contributed by atoms with Crippen LogP contribution >= 0.6 is 22.7 Å². The maximum Gasteiger partial charge on any atom is 0.283 e. The minimum atomic E-state index is -0.0365. The molecule has 3 aromatic heterocycles. The lowest BCUT2D eigenvalue weighted by molar-refractivity contribution is 0.0757. The number of aryl methyl sites for hydroxylation is 1. The van der Waals surface area contributed by atoms with Gasteiger partial charge in [0.1, 0.15) is 0 Å². The number of carbonyl (C=O) groups excluding carboxylic acids is 1. The molecule has 0 radical (unpaired) electrons. The van der Waals surface area contributed by atoms with Crippen LogP contribution in [0.25, 0.3) is 10.6 Å². The highest BCUT2D eigenvalue weighted by Gasteiger charge is 2.31. The van der Waals surface area contributed by atoms with Crippen LogP contribution < -0.4 is 0 Å². The van der Waals surface area contributed by atoms with Crippen molar-refractivity contribution in [3.05, 3.63) is 81.8 Å². The van der Waals surface area contributed by atoms with Crippen molar-refractivity contribution in [2.75, 3.05) is 13.1 Å². The van der Waals surface area contributed by atoms with Crippen molar-refractivity contribution in [3.8, 4) is 10.6 Å². The zero-order valence-electron chi connectivity index (χ0n) is 16.4. The number of rotatable bonds is 5. The number of thiazole rings is 1. The van der Waals surface area contributed by atoms with Gasteiger partial charge in [-0.15, -0.1) is 22.7 Å². The molecule has 1 aliphatic heterocycles. The standard InChI is InChI=1S/C22H22N4OS2/c1-4-7-17-15(5-2)12-26(13-18(17)16-10-23-25(3)11-16)22(27)21-24-19(14-29-21)20-8-6-9-28-20/h4-11,14,18H,2,12-13H2,1,3H3/b7-4-. The molecule has 1 aliphatic rings.